The summed E-state index contributed by atoms with van der Waals surface area (Å²) >= 11 is 12.5. The Balaban J connectivity index is 2.26. The minimum absolute atomic E-state index is 0.213. The standard InChI is InChI=1S/C24H26Cl2O3/c1-7-16-13(2)10-14(17-9-8-15(25)12-19(17)26)11-18(16)20-21(27)23(3,4)29-24(5,6)22(20)28/h8-12,20H,7H2,1-6H3. The highest BCUT2D eigenvalue weighted by Gasteiger charge is 2.53. The lowest BCUT2D eigenvalue weighted by molar-refractivity contribution is -0.184. The number of halogens is 2. The number of ketones is 2. The molecule has 154 valence electrons. The molecule has 3 rings (SSSR count). The maximum absolute atomic E-state index is 13.3. The van der Waals surface area contributed by atoms with Gasteiger partial charge in [-0.3, -0.25) is 9.59 Å². The number of carbonyl (C=O) groups excluding carboxylic acids is 2. The molecule has 0 amide bonds. The molecule has 0 N–H and O–H groups in total. The van der Waals surface area contributed by atoms with E-state index in [0.717, 1.165) is 27.8 Å². The maximum atomic E-state index is 13.3. The van der Waals surface area contributed by atoms with Crippen LogP contribution in [0.15, 0.2) is 30.3 Å². The van der Waals surface area contributed by atoms with Gasteiger partial charge in [0.15, 0.2) is 11.6 Å². The van der Waals surface area contributed by atoms with Gasteiger partial charge in [-0.2, -0.15) is 0 Å². The summed E-state index contributed by atoms with van der Waals surface area (Å²) < 4.78 is 5.85. The molecule has 0 aromatic heterocycles. The molecule has 1 aliphatic heterocycles. The lowest BCUT2D eigenvalue weighted by atomic mass is 9.72. The van der Waals surface area contributed by atoms with Gasteiger partial charge < -0.3 is 4.74 Å². The first-order chi connectivity index (χ1) is 13.4. The first kappa shape index (κ1) is 22.0. The van der Waals surface area contributed by atoms with Gasteiger partial charge in [-0.05, 0) is 81.5 Å². The molecule has 5 heteroatoms. The zero-order valence-corrected chi connectivity index (χ0v) is 19.2. The van der Waals surface area contributed by atoms with Crippen LogP contribution in [-0.4, -0.2) is 22.8 Å². The Bertz CT molecular complexity index is 979. The zero-order chi connectivity index (χ0) is 21.7. The first-order valence-corrected chi connectivity index (χ1v) is 10.5. The van der Waals surface area contributed by atoms with Crippen LogP contribution in [-0.2, 0) is 20.7 Å². The number of rotatable bonds is 3. The van der Waals surface area contributed by atoms with Crippen LogP contribution in [0.25, 0.3) is 11.1 Å². The third-order valence-corrected chi connectivity index (χ3v) is 6.18. The van der Waals surface area contributed by atoms with E-state index in [2.05, 4.69) is 0 Å². The van der Waals surface area contributed by atoms with Crippen LogP contribution in [0.5, 0.6) is 0 Å². The topological polar surface area (TPSA) is 43.4 Å². The Morgan fingerprint density at radius 1 is 0.966 bits per heavy atom. The van der Waals surface area contributed by atoms with Crippen molar-refractivity contribution in [2.45, 2.75) is 65.1 Å². The molecule has 0 unspecified atom stereocenters. The van der Waals surface area contributed by atoms with Crippen LogP contribution in [0.3, 0.4) is 0 Å². The maximum Gasteiger partial charge on any atom is 0.179 e. The Labute approximate surface area is 182 Å². The van der Waals surface area contributed by atoms with Crippen molar-refractivity contribution in [1.29, 1.82) is 0 Å². The van der Waals surface area contributed by atoms with Gasteiger partial charge in [-0.1, -0.05) is 42.3 Å². The number of hydrogen-bond acceptors (Lipinski definition) is 3. The van der Waals surface area contributed by atoms with Gasteiger partial charge >= 0.3 is 0 Å². The van der Waals surface area contributed by atoms with Crippen molar-refractivity contribution < 1.29 is 14.3 Å². The summed E-state index contributed by atoms with van der Waals surface area (Å²) in [4.78, 5) is 26.6. The van der Waals surface area contributed by atoms with Crippen molar-refractivity contribution in [3.05, 3.63) is 57.1 Å². The Hall–Kier alpha value is -1.68. The Kier molecular flexibility index (Phi) is 5.72. The molecule has 1 fully saturated rings. The molecular weight excluding hydrogens is 407 g/mol. The number of ether oxygens (including phenoxy) is 1. The largest absolute Gasteiger partial charge is 0.354 e. The number of benzene rings is 2. The molecule has 0 spiro atoms. The lowest BCUT2D eigenvalue weighted by Crippen LogP contribution is -2.58. The van der Waals surface area contributed by atoms with E-state index in [1.54, 1.807) is 39.8 Å². The molecule has 0 radical (unpaired) electrons. The number of hydrogen-bond donors (Lipinski definition) is 0. The van der Waals surface area contributed by atoms with Crippen LogP contribution in [0.4, 0.5) is 0 Å². The minimum Gasteiger partial charge on any atom is -0.354 e. The predicted octanol–water partition coefficient (Wildman–Crippen LogP) is 6.34. The fraction of sp³-hybridized carbons (Fsp3) is 0.417. The van der Waals surface area contributed by atoms with E-state index in [1.165, 1.54) is 0 Å². The highest BCUT2D eigenvalue weighted by Crippen LogP contribution is 2.42. The van der Waals surface area contributed by atoms with Crippen molar-refractivity contribution in [1.82, 2.24) is 0 Å². The van der Waals surface area contributed by atoms with Gasteiger partial charge in [0.1, 0.15) is 17.1 Å². The molecule has 1 saturated heterocycles. The fourth-order valence-corrected chi connectivity index (χ4v) is 4.82. The normalized spacial score (nSPS) is 18.9. The summed E-state index contributed by atoms with van der Waals surface area (Å²) in [6.07, 6.45) is 0.717. The molecule has 2 aromatic carbocycles. The van der Waals surface area contributed by atoms with Gasteiger partial charge in [-0.25, -0.2) is 0 Å². The van der Waals surface area contributed by atoms with Crippen molar-refractivity contribution in [2.75, 3.05) is 0 Å². The van der Waals surface area contributed by atoms with Crippen molar-refractivity contribution >= 4 is 34.8 Å². The highest BCUT2D eigenvalue weighted by molar-refractivity contribution is 6.36. The molecule has 0 aliphatic carbocycles. The average Bonchev–Trinajstić information content (AvgIpc) is 2.59. The SMILES string of the molecule is CCc1c(C)cc(-c2ccc(Cl)cc2Cl)cc1C1C(=O)C(C)(C)OC(C)(C)C1=O. The van der Waals surface area contributed by atoms with Gasteiger partial charge in [0.2, 0.25) is 0 Å². The second-order valence-corrected chi connectivity index (χ2v) is 9.47. The molecular formula is C24H26Cl2O3. The summed E-state index contributed by atoms with van der Waals surface area (Å²) in [5.41, 5.74) is 2.36. The molecule has 1 heterocycles. The second-order valence-electron chi connectivity index (χ2n) is 8.62. The van der Waals surface area contributed by atoms with Crippen molar-refractivity contribution in [3.63, 3.8) is 0 Å². The number of aryl methyl sites for hydroxylation is 1. The van der Waals surface area contributed by atoms with Gasteiger partial charge in [0, 0.05) is 15.6 Å². The van der Waals surface area contributed by atoms with E-state index in [-0.39, 0.29) is 11.6 Å². The third kappa shape index (κ3) is 3.88. The van der Waals surface area contributed by atoms with E-state index >= 15 is 0 Å². The monoisotopic (exact) mass is 432 g/mol. The van der Waals surface area contributed by atoms with Crippen LogP contribution in [0.2, 0.25) is 10.0 Å². The molecule has 3 nitrogen and oxygen atoms in total. The fourth-order valence-electron chi connectivity index (χ4n) is 4.30. The molecule has 0 bridgehead atoms. The summed E-state index contributed by atoms with van der Waals surface area (Å²) in [6, 6.07) is 9.30. The number of carbonyl (C=O) groups is 2. The van der Waals surface area contributed by atoms with E-state index in [4.69, 9.17) is 27.9 Å². The lowest BCUT2D eigenvalue weighted by Gasteiger charge is -2.43. The molecule has 0 saturated carbocycles. The predicted molar refractivity (Wildman–Crippen MR) is 118 cm³/mol. The highest BCUT2D eigenvalue weighted by atomic mass is 35.5. The number of Topliss-reactive ketones (excluding diaryl/α,β-unsaturated/α-hetero) is 2. The van der Waals surface area contributed by atoms with E-state index in [0.29, 0.717) is 16.5 Å². The molecule has 2 aromatic rings. The quantitative estimate of drug-likeness (QED) is 0.531. The van der Waals surface area contributed by atoms with E-state index in [1.807, 2.05) is 32.0 Å². The van der Waals surface area contributed by atoms with Crippen LogP contribution >= 0.6 is 23.2 Å². The van der Waals surface area contributed by atoms with Crippen molar-refractivity contribution in [2.24, 2.45) is 0 Å². The third-order valence-electron chi connectivity index (χ3n) is 5.64. The summed E-state index contributed by atoms with van der Waals surface area (Å²) in [7, 11) is 0. The second kappa shape index (κ2) is 7.54. The van der Waals surface area contributed by atoms with Gasteiger partial charge in [0.25, 0.3) is 0 Å². The Morgan fingerprint density at radius 2 is 1.55 bits per heavy atom. The smallest absolute Gasteiger partial charge is 0.179 e. The minimum atomic E-state index is -1.05. The Morgan fingerprint density at radius 3 is 2.07 bits per heavy atom. The van der Waals surface area contributed by atoms with E-state index < -0.39 is 17.1 Å². The molecule has 1 aliphatic rings. The summed E-state index contributed by atoms with van der Waals surface area (Å²) in [5.74, 6) is -1.29. The van der Waals surface area contributed by atoms with Gasteiger partial charge in [0.05, 0.1) is 0 Å². The van der Waals surface area contributed by atoms with Crippen molar-refractivity contribution in [3.8, 4) is 11.1 Å². The van der Waals surface area contributed by atoms with Crippen LogP contribution < -0.4 is 0 Å². The molecule has 29 heavy (non-hydrogen) atoms. The van der Waals surface area contributed by atoms with Crippen LogP contribution in [0, 0.1) is 6.92 Å². The average molecular weight is 433 g/mol. The summed E-state index contributed by atoms with van der Waals surface area (Å²) in [5, 5.41) is 1.08. The zero-order valence-electron chi connectivity index (χ0n) is 17.7. The van der Waals surface area contributed by atoms with Gasteiger partial charge in [-0.15, -0.1) is 0 Å². The summed E-state index contributed by atoms with van der Waals surface area (Å²) in [6.45, 7) is 11.0. The first-order valence-electron chi connectivity index (χ1n) is 9.76. The van der Waals surface area contributed by atoms with Crippen LogP contribution in [0.1, 0.15) is 57.2 Å². The van der Waals surface area contributed by atoms with E-state index in [9.17, 15) is 9.59 Å². The molecule has 0 atom stereocenters.